The molecule has 0 amide bonds. The summed E-state index contributed by atoms with van der Waals surface area (Å²) < 4.78 is 35.3. The smallest absolute Gasteiger partial charge is 0.186 e. The second kappa shape index (κ2) is 20.5. The van der Waals surface area contributed by atoms with Gasteiger partial charge in [-0.15, -0.1) is 0 Å². The van der Waals surface area contributed by atoms with E-state index in [-0.39, 0.29) is 19.6 Å². The van der Waals surface area contributed by atoms with E-state index in [2.05, 4.69) is 40.1 Å². The van der Waals surface area contributed by atoms with Crippen LogP contribution in [0.25, 0.3) is 41.8 Å². The molecule has 274 valence electrons. The summed E-state index contributed by atoms with van der Waals surface area (Å²) in [5.74, 6) is 0. The number of hydrogen-bond donors (Lipinski definition) is 5. The van der Waals surface area contributed by atoms with Crippen LogP contribution in [-0.4, -0.2) is 144 Å². The van der Waals surface area contributed by atoms with E-state index in [1.807, 2.05) is 13.8 Å². The zero-order valence-corrected chi connectivity index (χ0v) is 27.1. The fraction of sp³-hybridized carbons (Fsp3) is 1.00. The molecule has 0 aromatic rings. The molecule has 3 aliphatic rings. The molecule has 0 bridgehead atoms. The van der Waals surface area contributed by atoms with Gasteiger partial charge in [0, 0.05) is 32.9 Å². The third-order valence-electron chi connectivity index (χ3n) is 8.45. The summed E-state index contributed by atoms with van der Waals surface area (Å²) in [6.07, 6.45) is -15.6. The molecule has 3 fully saturated rings. The van der Waals surface area contributed by atoms with Crippen molar-refractivity contribution in [3.8, 4) is 0 Å². The van der Waals surface area contributed by atoms with Gasteiger partial charge >= 0.3 is 0 Å². The number of aliphatic hydroxyl groups excluding tert-OH is 5. The molecule has 49 heavy (non-hydrogen) atoms. The zero-order valence-electron chi connectivity index (χ0n) is 27.1. The standard InChI is InChI=1S/C26H44N12O11/c1-3-5-7-44-11-15-24(45-8-6-4-2)16(34-38-30)18(40)25(47-15)48-22-12(32-36-28)9-13(33-37-29)23(21(22)43)49-26-20(42)19(41)17(39)14(46-26)10-31-35-27/h12-26,39-43H,3-11H2,1-2H3/t12-,13+,14-,15-,16-,17-,18-,19+,20-,21-,22+,23-,24-,25-,26-/m1/s1. The highest BCUT2D eigenvalue weighted by Crippen LogP contribution is 2.36. The highest BCUT2D eigenvalue weighted by molar-refractivity contribution is 5.04. The Morgan fingerprint density at radius 2 is 1.22 bits per heavy atom. The summed E-state index contributed by atoms with van der Waals surface area (Å²) in [5, 5.41) is 68.7. The number of nitrogens with zero attached hydrogens (tertiary/aromatic N) is 12. The van der Waals surface area contributed by atoms with Crippen molar-refractivity contribution in [2.24, 2.45) is 20.5 Å². The summed E-state index contributed by atoms with van der Waals surface area (Å²) in [7, 11) is 0. The van der Waals surface area contributed by atoms with Gasteiger partial charge in [-0.2, -0.15) is 0 Å². The van der Waals surface area contributed by atoms with Crippen LogP contribution in [0.2, 0.25) is 0 Å². The molecule has 0 unspecified atom stereocenters. The molecule has 23 nitrogen and oxygen atoms in total. The Morgan fingerprint density at radius 3 is 1.80 bits per heavy atom. The average molecular weight is 701 g/mol. The molecule has 2 aliphatic heterocycles. The van der Waals surface area contributed by atoms with Crippen molar-refractivity contribution < 1.29 is 54.0 Å². The topological polar surface area (TPSA) is 352 Å². The van der Waals surface area contributed by atoms with Crippen LogP contribution in [-0.2, 0) is 28.4 Å². The van der Waals surface area contributed by atoms with Gasteiger partial charge in [0.25, 0.3) is 0 Å². The van der Waals surface area contributed by atoms with Crippen molar-refractivity contribution in [3.05, 3.63) is 41.8 Å². The Morgan fingerprint density at radius 1 is 0.653 bits per heavy atom. The summed E-state index contributed by atoms with van der Waals surface area (Å²) >= 11 is 0. The predicted molar refractivity (Wildman–Crippen MR) is 165 cm³/mol. The van der Waals surface area contributed by atoms with Crippen LogP contribution in [0.1, 0.15) is 46.0 Å². The molecule has 2 saturated heterocycles. The minimum absolute atomic E-state index is 0.0272. The summed E-state index contributed by atoms with van der Waals surface area (Å²) in [6.45, 7) is 4.14. The Balaban J connectivity index is 1.93. The minimum atomic E-state index is -1.88. The van der Waals surface area contributed by atoms with E-state index in [0.29, 0.717) is 13.0 Å². The zero-order chi connectivity index (χ0) is 35.9. The second-order valence-electron chi connectivity index (χ2n) is 11.7. The van der Waals surface area contributed by atoms with Crippen molar-refractivity contribution in [3.63, 3.8) is 0 Å². The van der Waals surface area contributed by atoms with Gasteiger partial charge in [-0.3, -0.25) is 0 Å². The lowest BCUT2D eigenvalue weighted by Crippen LogP contribution is -2.65. The lowest BCUT2D eigenvalue weighted by Gasteiger charge is -2.48. The molecule has 0 spiro atoms. The molecular formula is C26H44N12O11. The predicted octanol–water partition coefficient (Wildman–Crippen LogP) is 1.76. The van der Waals surface area contributed by atoms with Crippen LogP contribution in [0.4, 0.5) is 0 Å². The van der Waals surface area contributed by atoms with E-state index in [1.54, 1.807) is 0 Å². The average Bonchev–Trinajstić information content (AvgIpc) is 3.09. The summed E-state index contributed by atoms with van der Waals surface area (Å²) in [4.78, 5) is 11.1. The monoisotopic (exact) mass is 700 g/mol. The normalized spacial score (nSPS) is 39.0. The molecule has 0 aromatic carbocycles. The number of aliphatic hydroxyl groups is 5. The molecule has 1 saturated carbocycles. The van der Waals surface area contributed by atoms with E-state index in [4.69, 9.17) is 34.0 Å². The van der Waals surface area contributed by atoms with Crippen molar-refractivity contribution >= 4 is 0 Å². The highest BCUT2D eigenvalue weighted by Gasteiger charge is 2.53. The third-order valence-corrected chi connectivity index (χ3v) is 8.45. The quantitative estimate of drug-likeness (QED) is 0.0593. The first-order valence-electron chi connectivity index (χ1n) is 16.0. The van der Waals surface area contributed by atoms with Crippen LogP contribution in [0.15, 0.2) is 20.5 Å². The first-order chi connectivity index (χ1) is 23.7. The Kier molecular flexibility index (Phi) is 16.8. The summed E-state index contributed by atoms with van der Waals surface area (Å²) in [6, 6.07) is -3.71. The van der Waals surface area contributed by atoms with Gasteiger partial charge < -0.3 is 54.0 Å². The van der Waals surface area contributed by atoms with Gasteiger partial charge in [0.05, 0.1) is 55.7 Å². The molecule has 3 rings (SSSR count). The van der Waals surface area contributed by atoms with Crippen molar-refractivity contribution in [2.75, 3.05) is 26.4 Å². The van der Waals surface area contributed by atoms with E-state index >= 15 is 0 Å². The maximum Gasteiger partial charge on any atom is 0.186 e. The van der Waals surface area contributed by atoms with Crippen LogP contribution >= 0.6 is 0 Å². The minimum Gasteiger partial charge on any atom is -0.388 e. The van der Waals surface area contributed by atoms with Gasteiger partial charge in [0.15, 0.2) is 12.6 Å². The van der Waals surface area contributed by atoms with Crippen molar-refractivity contribution in [2.45, 2.75) is 138 Å². The summed E-state index contributed by atoms with van der Waals surface area (Å²) in [5.41, 5.74) is 36.6. The number of rotatable bonds is 18. The first kappa shape index (κ1) is 40.2. The Labute approximate surface area is 280 Å². The van der Waals surface area contributed by atoms with Gasteiger partial charge in [0.2, 0.25) is 0 Å². The van der Waals surface area contributed by atoms with Crippen LogP contribution in [0.5, 0.6) is 0 Å². The molecule has 1 aliphatic carbocycles. The van der Waals surface area contributed by atoms with Gasteiger partial charge in [-0.25, -0.2) is 0 Å². The number of azide groups is 4. The lowest BCUT2D eigenvalue weighted by atomic mass is 9.84. The highest BCUT2D eigenvalue weighted by atomic mass is 16.7. The van der Waals surface area contributed by atoms with Crippen LogP contribution in [0.3, 0.4) is 0 Å². The first-order valence-corrected chi connectivity index (χ1v) is 16.0. The van der Waals surface area contributed by atoms with E-state index in [1.165, 1.54) is 0 Å². The van der Waals surface area contributed by atoms with Crippen molar-refractivity contribution in [1.82, 2.24) is 0 Å². The molecule has 5 N–H and O–H groups in total. The van der Waals surface area contributed by atoms with E-state index in [0.717, 1.165) is 19.3 Å². The molecule has 2 heterocycles. The van der Waals surface area contributed by atoms with Gasteiger partial charge in [-0.05, 0) is 41.4 Å². The van der Waals surface area contributed by atoms with Crippen LogP contribution < -0.4 is 0 Å². The molecule has 0 radical (unpaired) electrons. The maximum atomic E-state index is 11.6. The molecule has 0 aromatic heterocycles. The Bertz CT molecular complexity index is 1230. The van der Waals surface area contributed by atoms with Crippen LogP contribution in [0, 0.1) is 0 Å². The van der Waals surface area contributed by atoms with E-state index < -0.39 is 98.3 Å². The number of ether oxygens (including phenoxy) is 6. The molecule has 23 heteroatoms. The number of hydrogen-bond acceptors (Lipinski definition) is 15. The molecule has 15 atom stereocenters. The second-order valence-corrected chi connectivity index (χ2v) is 11.7. The third kappa shape index (κ3) is 10.4. The van der Waals surface area contributed by atoms with E-state index in [9.17, 15) is 42.1 Å². The largest absolute Gasteiger partial charge is 0.388 e. The maximum absolute atomic E-state index is 11.6. The fourth-order valence-electron chi connectivity index (χ4n) is 5.83. The Hall–Kier alpha value is -3.20. The lowest BCUT2D eigenvalue weighted by molar-refractivity contribution is -0.333. The number of unbranched alkanes of at least 4 members (excludes halogenated alkanes) is 2. The fourth-order valence-corrected chi connectivity index (χ4v) is 5.83. The SMILES string of the molecule is CCCCOC[C@H]1O[C@H](O[C@@H]2[C@@H](O)[C@H](O[C@H]3O[C@H](CN=[N+]=[N-])[C@@H](O)[C@H](O)[C@H]3O)[C@@H](N=[N+]=[N-])C[C@H]2N=[N+]=[N-])[C@H](O)[C@@H](N=[N+]=[N-])[C@@H]1OCCCC. The van der Waals surface area contributed by atoms with Gasteiger partial charge in [-0.1, -0.05) is 47.1 Å². The van der Waals surface area contributed by atoms with Crippen molar-refractivity contribution in [1.29, 1.82) is 0 Å². The molecular weight excluding hydrogens is 656 g/mol. The van der Waals surface area contributed by atoms with Gasteiger partial charge in [0.1, 0.15) is 36.6 Å².